The molecule has 8 nitrogen and oxygen atoms in total. The van der Waals surface area contributed by atoms with E-state index >= 15 is 0 Å². The number of aliphatic hydroxyl groups excluding tert-OH is 3. The zero-order chi connectivity index (χ0) is 27.9. The molecule has 37 heavy (non-hydrogen) atoms. The van der Waals surface area contributed by atoms with E-state index in [-0.39, 0.29) is 26.4 Å². The van der Waals surface area contributed by atoms with Crippen LogP contribution in [0.5, 0.6) is 0 Å². The van der Waals surface area contributed by atoms with Gasteiger partial charge in [0.1, 0.15) is 0 Å². The van der Waals surface area contributed by atoms with E-state index in [4.69, 9.17) is 25.1 Å². The first-order valence-electron chi connectivity index (χ1n) is 15.2. The summed E-state index contributed by atoms with van der Waals surface area (Å²) >= 11 is 0. The summed E-state index contributed by atoms with van der Waals surface area (Å²) in [6.07, 6.45) is 26.5. The number of unbranched alkanes of at least 4 members (excludes halogenated alkanes) is 19. The largest absolute Gasteiger partial charge is 0.469 e. The third kappa shape index (κ3) is 38.2. The van der Waals surface area contributed by atoms with E-state index in [9.17, 15) is 4.57 Å². The summed E-state index contributed by atoms with van der Waals surface area (Å²) in [4.78, 5) is 18.9. The fourth-order valence-corrected chi connectivity index (χ4v) is 4.67. The minimum Gasteiger partial charge on any atom is -0.395 e. The molecule has 0 aromatic heterocycles. The SMILES string of the molecule is CCCCCCCCCCCCCCCCCCCCCCOP(=O)(O)O.OCCN(CCO)CCO. The van der Waals surface area contributed by atoms with Crippen LogP contribution in [0.15, 0.2) is 0 Å². The molecule has 5 N–H and O–H groups in total. The number of nitrogens with zero attached hydrogens (tertiary/aromatic N) is 1. The van der Waals surface area contributed by atoms with Gasteiger partial charge >= 0.3 is 7.82 Å². The van der Waals surface area contributed by atoms with Gasteiger partial charge in [0.15, 0.2) is 0 Å². The molecule has 0 radical (unpaired) electrons. The Morgan fingerprint density at radius 3 is 1.03 bits per heavy atom. The van der Waals surface area contributed by atoms with Crippen molar-refractivity contribution in [2.45, 2.75) is 135 Å². The van der Waals surface area contributed by atoms with Gasteiger partial charge in [0.2, 0.25) is 0 Å². The highest BCUT2D eigenvalue weighted by molar-refractivity contribution is 7.46. The minimum absolute atomic E-state index is 0.0694. The second-order valence-electron chi connectivity index (χ2n) is 10.1. The van der Waals surface area contributed by atoms with Gasteiger partial charge in [-0.05, 0) is 6.42 Å². The molecule has 9 heteroatoms. The van der Waals surface area contributed by atoms with Crippen molar-refractivity contribution in [2.24, 2.45) is 0 Å². The van der Waals surface area contributed by atoms with Crippen LogP contribution in [0.2, 0.25) is 0 Å². The third-order valence-electron chi connectivity index (χ3n) is 6.51. The van der Waals surface area contributed by atoms with Gasteiger partial charge in [0, 0.05) is 19.6 Å². The molecule has 0 bridgehead atoms. The van der Waals surface area contributed by atoms with E-state index in [0.29, 0.717) is 19.6 Å². The van der Waals surface area contributed by atoms with Crippen molar-refractivity contribution in [1.82, 2.24) is 4.90 Å². The molecule has 0 aromatic rings. The molecule has 0 heterocycles. The van der Waals surface area contributed by atoms with Gasteiger partial charge in [0.05, 0.1) is 26.4 Å². The standard InChI is InChI=1S/C22H47O4P.C6H15NO3/c1-2-3-4-5-6-7-8-9-10-11-12-13-14-15-16-17-18-19-20-21-22-26-27(23,24)25;8-4-1-7(2-5-9)3-6-10/h2-22H2,1H3,(H2,23,24,25);8-10H,1-6H2. The number of phosphoric acid groups is 1. The summed E-state index contributed by atoms with van der Waals surface area (Å²) in [7, 11) is -4.26. The van der Waals surface area contributed by atoms with Gasteiger partial charge in [-0.3, -0.25) is 9.42 Å². The van der Waals surface area contributed by atoms with Gasteiger partial charge in [-0.25, -0.2) is 4.57 Å². The predicted molar refractivity (Wildman–Crippen MR) is 154 cm³/mol. The van der Waals surface area contributed by atoms with Crippen molar-refractivity contribution in [2.75, 3.05) is 46.1 Å². The van der Waals surface area contributed by atoms with Crippen molar-refractivity contribution < 1.29 is 34.2 Å². The van der Waals surface area contributed by atoms with Crippen molar-refractivity contribution in [3.05, 3.63) is 0 Å². The topological polar surface area (TPSA) is 131 Å². The maximum atomic E-state index is 10.5. The van der Waals surface area contributed by atoms with Crippen molar-refractivity contribution >= 4 is 7.82 Å². The Morgan fingerprint density at radius 1 is 0.514 bits per heavy atom. The molecule has 0 unspecified atom stereocenters. The lowest BCUT2D eigenvalue weighted by Gasteiger charge is -2.17. The van der Waals surface area contributed by atoms with Crippen LogP contribution >= 0.6 is 7.82 Å². The number of aliphatic hydroxyl groups is 3. The van der Waals surface area contributed by atoms with Gasteiger partial charge in [-0.2, -0.15) is 0 Å². The molecule has 0 saturated heterocycles. The summed E-state index contributed by atoms with van der Waals surface area (Å²) in [5, 5.41) is 25.5. The van der Waals surface area contributed by atoms with Crippen LogP contribution in [0, 0.1) is 0 Å². The number of phosphoric ester groups is 1. The van der Waals surface area contributed by atoms with E-state index in [1.54, 1.807) is 4.90 Å². The molecule has 0 amide bonds. The molecular weight excluding hydrogens is 493 g/mol. The van der Waals surface area contributed by atoms with Crippen LogP contribution in [0.25, 0.3) is 0 Å². The zero-order valence-corrected chi connectivity index (χ0v) is 24.9. The molecule has 0 fully saturated rings. The Bertz CT molecular complexity index is 452. The number of hydrogen-bond donors (Lipinski definition) is 5. The first-order chi connectivity index (χ1) is 17.9. The van der Waals surface area contributed by atoms with E-state index in [1.165, 1.54) is 109 Å². The van der Waals surface area contributed by atoms with Crippen LogP contribution in [0.3, 0.4) is 0 Å². The van der Waals surface area contributed by atoms with E-state index in [1.807, 2.05) is 0 Å². The predicted octanol–water partition coefficient (Wildman–Crippen LogP) is 6.18. The van der Waals surface area contributed by atoms with Crippen molar-refractivity contribution in [3.63, 3.8) is 0 Å². The fraction of sp³-hybridized carbons (Fsp3) is 1.00. The normalized spacial score (nSPS) is 11.6. The molecule has 0 aliphatic rings. The van der Waals surface area contributed by atoms with Gasteiger partial charge in [0.25, 0.3) is 0 Å². The Balaban J connectivity index is 0. The minimum atomic E-state index is -4.26. The molecule has 0 aromatic carbocycles. The highest BCUT2D eigenvalue weighted by Crippen LogP contribution is 2.35. The maximum Gasteiger partial charge on any atom is 0.469 e. The first kappa shape index (κ1) is 39.1. The molecule has 0 saturated carbocycles. The van der Waals surface area contributed by atoms with E-state index < -0.39 is 7.82 Å². The van der Waals surface area contributed by atoms with Gasteiger partial charge < -0.3 is 25.1 Å². The van der Waals surface area contributed by atoms with Gasteiger partial charge in [-0.15, -0.1) is 0 Å². The third-order valence-corrected chi connectivity index (χ3v) is 7.02. The van der Waals surface area contributed by atoms with Crippen molar-refractivity contribution in [3.8, 4) is 0 Å². The summed E-state index contributed by atoms with van der Waals surface area (Å²) < 4.78 is 14.9. The second-order valence-corrected chi connectivity index (χ2v) is 11.3. The first-order valence-corrected chi connectivity index (χ1v) is 16.7. The molecule has 0 atom stereocenters. The van der Waals surface area contributed by atoms with Crippen LogP contribution < -0.4 is 0 Å². The lowest BCUT2D eigenvalue weighted by Crippen LogP contribution is -2.32. The smallest absolute Gasteiger partial charge is 0.395 e. The monoisotopic (exact) mass is 555 g/mol. The quantitative estimate of drug-likeness (QED) is 0.0571. The van der Waals surface area contributed by atoms with Crippen LogP contribution in [-0.2, 0) is 9.09 Å². The Hall–Kier alpha value is -0.0500. The Labute approximate surface area is 228 Å². The summed E-state index contributed by atoms with van der Waals surface area (Å²) in [6, 6.07) is 0. The Kier molecular flexibility index (Phi) is 34.0. The molecule has 0 aliphatic carbocycles. The number of hydrogen-bond acceptors (Lipinski definition) is 6. The maximum absolute atomic E-state index is 10.5. The lowest BCUT2D eigenvalue weighted by atomic mass is 10.0. The van der Waals surface area contributed by atoms with E-state index in [2.05, 4.69) is 11.4 Å². The molecule has 0 spiro atoms. The molecule has 0 rings (SSSR count). The Morgan fingerprint density at radius 2 is 0.784 bits per heavy atom. The molecular formula is C28H62NO7P. The second kappa shape index (κ2) is 32.2. The van der Waals surface area contributed by atoms with Crippen LogP contribution in [0.4, 0.5) is 0 Å². The zero-order valence-electron chi connectivity index (χ0n) is 24.0. The molecule has 0 aliphatic heterocycles. The van der Waals surface area contributed by atoms with Crippen molar-refractivity contribution in [1.29, 1.82) is 0 Å². The molecule has 226 valence electrons. The van der Waals surface area contributed by atoms with Crippen LogP contribution in [0.1, 0.15) is 135 Å². The number of rotatable bonds is 28. The van der Waals surface area contributed by atoms with Crippen LogP contribution in [-0.4, -0.2) is 76.1 Å². The average molecular weight is 556 g/mol. The highest BCUT2D eigenvalue weighted by atomic mass is 31.2. The summed E-state index contributed by atoms with van der Waals surface area (Å²) in [5.74, 6) is 0. The highest BCUT2D eigenvalue weighted by Gasteiger charge is 2.12. The average Bonchev–Trinajstić information content (AvgIpc) is 2.85. The summed E-state index contributed by atoms with van der Waals surface area (Å²) in [5.41, 5.74) is 0. The summed E-state index contributed by atoms with van der Waals surface area (Å²) in [6.45, 7) is 4.20. The lowest BCUT2D eigenvalue weighted by molar-refractivity contribution is 0.136. The fourth-order valence-electron chi connectivity index (χ4n) is 4.30. The van der Waals surface area contributed by atoms with Gasteiger partial charge in [-0.1, -0.05) is 129 Å². The van der Waals surface area contributed by atoms with E-state index in [0.717, 1.165) is 19.3 Å².